The van der Waals surface area contributed by atoms with Gasteiger partial charge in [-0.05, 0) is 17.7 Å². The monoisotopic (exact) mass is 478 g/mol. The highest BCUT2D eigenvalue weighted by Gasteiger charge is 2.29. The van der Waals surface area contributed by atoms with Crippen molar-refractivity contribution >= 4 is 36.3 Å². The largest absolute Gasteiger partial charge is 0.508 e. The zero-order valence-corrected chi connectivity index (χ0v) is 18.4. The summed E-state index contributed by atoms with van der Waals surface area (Å²) < 4.78 is 0. The lowest BCUT2D eigenvalue weighted by molar-refractivity contribution is -0.142. The van der Waals surface area contributed by atoms with Crippen molar-refractivity contribution in [1.29, 1.82) is 0 Å². The molecule has 3 amide bonds. The van der Waals surface area contributed by atoms with Gasteiger partial charge in [0.25, 0.3) is 0 Å². The van der Waals surface area contributed by atoms with Crippen LogP contribution in [-0.2, 0) is 32.0 Å². The molecule has 0 aliphatic heterocycles. The highest BCUT2D eigenvalue weighted by molar-refractivity contribution is 7.80. The summed E-state index contributed by atoms with van der Waals surface area (Å²) in [4.78, 5) is 55.6. The number of phenolic OH excluding ortho intramolecular Hbond substituents is 1. The normalized spacial score (nSPS) is 13.4. The van der Waals surface area contributed by atoms with Gasteiger partial charge in [0.05, 0.1) is 12.9 Å². The number of thiol groups is 1. The van der Waals surface area contributed by atoms with E-state index >= 15 is 0 Å². The molecule has 0 saturated heterocycles. The van der Waals surface area contributed by atoms with Crippen LogP contribution in [0.3, 0.4) is 0 Å². The van der Waals surface area contributed by atoms with Crippen LogP contribution in [0.4, 0.5) is 0 Å². The first kappa shape index (κ1) is 25.7. The Morgan fingerprint density at radius 3 is 2.18 bits per heavy atom. The molecule has 0 radical (unpaired) electrons. The molecule has 0 saturated carbocycles. The lowest BCUT2D eigenvalue weighted by Gasteiger charge is -2.23. The van der Waals surface area contributed by atoms with E-state index in [1.54, 1.807) is 12.1 Å². The number of aromatic hydroxyl groups is 1. The Balaban J connectivity index is 2.15. The number of aromatic nitrogens is 2. The van der Waals surface area contributed by atoms with E-state index in [0.717, 1.165) is 0 Å². The van der Waals surface area contributed by atoms with Gasteiger partial charge in [0.1, 0.15) is 23.9 Å². The number of carbonyl (C=O) groups is 4. The molecule has 1 aromatic heterocycles. The fourth-order valence-corrected chi connectivity index (χ4v) is 3.14. The van der Waals surface area contributed by atoms with Gasteiger partial charge in [-0.2, -0.15) is 12.6 Å². The van der Waals surface area contributed by atoms with E-state index in [2.05, 4.69) is 38.5 Å². The molecule has 0 aliphatic rings. The number of phenols is 1. The number of nitrogens with zero attached hydrogens (tertiary/aromatic N) is 1. The number of carboxylic acid groups (broad SMARTS) is 1. The molecule has 8 N–H and O–H groups in total. The molecule has 2 rings (SSSR count). The van der Waals surface area contributed by atoms with Gasteiger partial charge in [0, 0.05) is 30.5 Å². The minimum atomic E-state index is -1.29. The van der Waals surface area contributed by atoms with Gasteiger partial charge < -0.3 is 36.9 Å². The van der Waals surface area contributed by atoms with Crippen molar-refractivity contribution in [2.45, 2.75) is 31.0 Å². The standard InChI is InChI=1S/C20H26N6O6S/c21-7-17(28)24-16(9-33)19(30)25-14(6-12-8-22-10-23-12)18(29)26-15(20(31)32)5-11-1-3-13(27)4-2-11/h1-4,8,10,14-16,27,33H,5-7,9,21H2,(H,22,23)(H,24,28)(H,25,30)(H,26,29)(H,31,32). The second-order valence-electron chi connectivity index (χ2n) is 7.12. The van der Waals surface area contributed by atoms with Crippen molar-refractivity contribution < 1.29 is 29.4 Å². The first-order chi connectivity index (χ1) is 15.7. The molecule has 1 heterocycles. The van der Waals surface area contributed by atoms with Crippen LogP contribution in [-0.4, -0.2) is 74.3 Å². The van der Waals surface area contributed by atoms with Gasteiger partial charge in [0.15, 0.2) is 0 Å². The van der Waals surface area contributed by atoms with Gasteiger partial charge in [-0.15, -0.1) is 0 Å². The summed E-state index contributed by atoms with van der Waals surface area (Å²) in [5, 5.41) is 26.3. The molecular formula is C20H26N6O6S. The number of nitrogens with two attached hydrogens (primary N) is 1. The minimum absolute atomic E-state index is 0.00670. The third-order valence-corrected chi connectivity index (χ3v) is 4.99. The zero-order valence-electron chi connectivity index (χ0n) is 17.5. The molecule has 3 atom stereocenters. The maximum absolute atomic E-state index is 13.0. The van der Waals surface area contributed by atoms with Crippen molar-refractivity contribution in [3.05, 3.63) is 48.0 Å². The number of H-pyrrole nitrogens is 1. The third-order valence-electron chi connectivity index (χ3n) is 4.62. The number of aliphatic carboxylic acids is 1. The number of benzene rings is 1. The van der Waals surface area contributed by atoms with Crippen LogP contribution in [0.25, 0.3) is 0 Å². The summed E-state index contributed by atoms with van der Waals surface area (Å²) >= 11 is 4.05. The summed E-state index contributed by atoms with van der Waals surface area (Å²) in [6, 6.07) is 2.39. The van der Waals surface area contributed by atoms with Crippen LogP contribution < -0.4 is 21.7 Å². The molecule has 0 bridgehead atoms. The van der Waals surface area contributed by atoms with Crippen molar-refractivity contribution in [2.75, 3.05) is 12.3 Å². The first-order valence-corrected chi connectivity index (χ1v) is 10.6. The van der Waals surface area contributed by atoms with Gasteiger partial charge in [0.2, 0.25) is 17.7 Å². The van der Waals surface area contributed by atoms with E-state index in [9.17, 15) is 29.4 Å². The van der Waals surface area contributed by atoms with E-state index in [1.165, 1.54) is 24.7 Å². The quantitative estimate of drug-likeness (QED) is 0.165. The number of nitrogens with one attached hydrogen (secondary N) is 4. The van der Waals surface area contributed by atoms with Crippen LogP contribution in [0, 0.1) is 0 Å². The Labute approximate surface area is 194 Å². The number of aromatic amines is 1. The SMILES string of the molecule is NCC(=O)NC(CS)C(=O)NC(Cc1cnc[nH]1)C(=O)NC(Cc1ccc(O)cc1)C(=O)O. The van der Waals surface area contributed by atoms with Gasteiger partial charge in [-0.25, -0.2) is 9.78 Å². The predicted octanol–water partition coefficient (Wildman–Crippen LogP) is -1.67. The highest BCUT2D eigenvalue weighted by atomic mass is 32.1. The van der Waals surface area contributed by atoms with Crippen LogP contribution in [0.15, 0.2) is 36.8 Å². The molecule has 12 nitrogen and oxygen atoms in total. The summed E-state index contributed by atoms with van der Waals surface area (Å²) in [7, 11) is 0. The number of hydrogen-bond donors (Lipinski definition) is 8. The van der Waals surface area contributed by atoms with Crippen LogP contribution >= 0.6 is 12.6 Å². The number of hydrogen-bond acceptors (Lipinski definition) is 8. The number of amides is 3. The lowest BCUT2D eigenvalue weighted by Crippen LogP contribution is -2.57. The maximum Gasteiger partial charge on any atom is 0.326 e. The van der Waals surface area contributed by atoms with E-state index in [0.29, 0.717) is 11.3 Å². The molecule has 2 aromatic rings. The van der Waals surface area contributed by atoms with Crippen molar-refractivity contribution in [2.24, 2.45) is 5.73 Å². The van der Waals surface area contributed by atoms with E-state index in [4.69, 9.17) is 5.73 Å². The topological polar surface area (TPSA) is 200 Å². The Kier molecular flexibility index (Phi) is 9.69. The van der Waals surface area contributed by atoms with Gasteiger partial charge in [-0.1, -0.05) is 12.1 Å². The highest BCUT2D eigenvalue weighted by Crippen LogP contribution is 2.12. The Bertz CT molecular complexity index is 952. The predicted molar refractivity (Wildman–Crippen MR) is 120 cm³/mol. The Morgan fingerprint density at radius 2 is 1.64 bits per heavy atom. The molecule has 178 valence electrons. The van der Waals surface area contributed by atoms with Crippen LogP contribution in [0.2, 0.25) is 0 Å². The number of rotatable bonds is 12. The molecular weight excluding hydrogens is 452 g/mol. The minimum Gasteiger partial charge on any atom is -0.508 e. The van der Waals surface area contributed by atoms with Crippen molar-refractivity contribution in [3.63, 3.8) is 0 Å². The summed E-state index contributed by atoms with van der Waals surface area (Å²) in [6.45, 7) is -0.326. The summed E-state index contributed by atoms with van der Waals surface area (Å²) in [6.07, 6.45) is 2.81. The smallest absolute Gasteiger partial charge is 0.326 e. The number of carbonyl (C=O) groups excluding carboxylic acids is 3. The fourth-order valence-electron chi connectivity index (χ4n) is 2.89. The average molecular weight is 479 g/mol. The third kappa shape index (κ3) is 8.12. The van der Waals surface area contributed by atoms with Crippen molar-refractivity contribution in [1.82, 2.24) is 25.9 Å². The summed E-state index contributed by atoms with van der Waals surface area (Å²) in [5.74, 6) is -3.29. The average Bonchev–Trinajstić information content (AvgIpc) is 3.30. The second kappa shape index (κ2) is 12.5. The zero-order chi connectivity index (χ0) is 24.4. The van der Waals surface area contributed by atoms with E-state index < -0.39 is 41.8 Å². The van der Waals surface area contributed by atoms with Crippen LogP contribution in [0.1, 0.15) is 11.3 Å². The van der Waals surface area contributed by atoms with Crippen molar-refractivity contribution in [3.8, 4) is 5.75 Å². The molecule has 3 unspecified atom stereocenters. The lowest BCUT2D eigenvalue weighted by atomic mass is 10.0. The van der Waals surface area contributed by atoms with E-state index in [-0.39, 0.29) is 30.9 Å². The molecule has 1 aromatic carbocycles. The van der Waals surface area contributed by atoms with Gasteiger partial charge >= 0.3 is 5.97 Å². The maximum atomic E-state index is 13.0. The van der Waals surface area contributed by atoms with Gasteiger partial charge in [-0.3, -0.25) is 14.4 Å². The fraction of sp³-hybridized carbons (Fsp3) is 0.350. The molecule has 13 heteroatoms. The Morgan fingerprint density at radius 1 is 1.00 bits per heavy atom. The Hall–Kier alpha value is -3.58. The first-order valence-electron chi connectivity index (χ1n) is 9.92. The number of carboxylic acids is 1. The molecule has 0 fully saturated rings. The molecule has 33 heavy (non-hydrogen) atoms. The van der Waals surface area contributed by atoms with E-state index in [1.807, 2.05) is 0 Å². The summed E-state index contributed by atoms with van der Waals surface area (Å²) in [5.41, 5.74) is 6.36. The molecule has 0 spiro atoms. The van der Waals surface area contributed by atoms with Crippen LogP contribution in [0.5, 0.6) is 5.75 Å². The second-order valence-corrected chi connectivity index (χ2v) is 7.48. The number of imidazole rings is 1. The molecule has 0 aliphatic carbocycles.